The highest BCUT2D eigenvalue weighted by molar-refractivity contribution is 7.07. The zero-order chi connectivity index (χ0) is 32.5. The number of benzene rings is 5. The predicted molar refractivity (Wildman–Crippen MR) is 186 cm³/mol. The maximum Gasteiger partial charge on any atom is 0.338 e. The first-order valence-corrected chi connectivity index (χ1v) is 16.2. The summed E-state index contributed by atoms with van der Waals surface area (Å²) in [4.78, 5) is 32.8. The van der Waals surface area contributed by atoms with Crippen molar-refractivity contribution in [2.24, 2.45) is 4.99 Å². The maximum atomic E-state index is 14.2. The highest BCUT2D eigenvalue weighted by atomic mass is 32.1. The Morgan fingerprint density at radius 3 is 2.36 bits per heavy atom. The molecule has 1 aromatic heterocycles. The first-order chi connectivity index (χ1) is 23.0. The summed E-state index contributed by atoms with van der Waals surface area (Å²) in [6, 6.07) is 33.2. The molecule has 6 aromatic rings. The SMILES string of the molecule is CCOC(=O)C1=C(C)N=c2s/c(=C/c3ccc(OCc4cccc5ccccc45)c(OC)c3)c(=O)n2[C@@H]1c1cccc2ccccc12. The van der Waals surface area contributed by atoms with E-state index in [1.165, 1.54) is 11.3 Å². The van der Waals surface area contributed by atoms with Gasteiger partial charge < -0.3 is 14.2 Å². The minimum Gasteiger partial charge on any atom is -0.493 e. The second-order valence-electron chi connectivity index (χ2n) is 11.2. The van der Waals surface area contributed by atoms with E-state index in [1.54, 1.807) is 25.5 Å². The number of allylic oxidation sites excluding steroid dienone is 1. The lowest BCUT2D eigenvalue weighted by Gasteiger charge is -2.25. The van der Waals surface area contributed by atoms with Gasteiger partial charge >= 0.3 is 5.97 Å². The zero-order valence-electron chi connectivity index (χ0n) is 26.2. The van der Waals surface area contributed by atoms with E-state index >= 15 is 0 Å². The summed E-state index contributed by atoms with van der Waals surface area (Å²) in [6.45, 7) is 4.16. The number of hydrogen-bond acceptors (Lipinski definition) is 7. The Balaban J connectivity index is 1.28. The quantitative estimate of drug-likeness (QED) is 0.173. The number of carbonyl (C=O) groups excluding carboxylic acids is 1. The number of carbonyl (C=O) groups is 1. The van der Waals surface area contributed by atoms with Crippen molar-refractivity contribution < 1.29 is 19.0 Å². The van der Waals surface area contributed by atoms with Crippen LogP contribution in [0.1, 0.15) is 36.6 Å². The summed E-state index contributed by atoms with van der Waals surface area (Å²) in [5.41, 5.74) is 3.33. The molecule has 0 bridgehead atoms. The average Bonchev–Trinajstić information content (AvgIpc) is 3.40. The molecule has 234 valence electrons. The average molecular weight is 641 g/mol. The fourth-order valence-corrected chi connectivity index (χ4v) is 7.24. The molecule has 0 fully saturated rings. The smallest absolute Gasteiger partial charge is 0.338 e. The molecule has 0 aliphatic carbocycles. The van der Waals surface area contributed by atoms with Crippen molar-refractivity contribution >= 4 is 44.9 Å². The number of esters is 1. The van der Waals surface area contributed by atoms with E-state index in [0.717, 1.165) is 38.2 Å². The fourth-order valence-electron chi connectivity index (χ4n) is 6.19. The van der Waals surface area contributed by atoms with Crippen LogP contribution < -0.4 is 24.4 Å². The molecule has 0 saturated heterocycles. The first kappa shape index (κ1) is 30.2. The third-order valence-electron chi connectivity index (χ3n) is 8.38. The summed E-state index contributed by atoms with van der Waals surface area (Å²) < 4.78 is 19.5. The third-order valence-corrected chi connectivity index (χ3v) is 9.37. The van der Waals surface area contributed by atoms with Crippen molar-refractivity contribution in [1.82, 2.24) is 4.57 Å². The van der Waals surface area contributed by atoms with E-state index in [9.17, 15) is 9.59 Å². The van der Waals surface area contributed by atoms with Gasteiger partial charge in [0.1, 0.15) is 6.61 Å². The summed E-state index contributed by atoms with van der Waals surface area (Å²) in [5, 5.41) is 4.27. The lowest BCUT2D eigenvalue weighted by atomic mass is 9.91. The van der Waals surface area contributed by atoms with E-state index in [4.69, 9.17) is 19.2 Å². The number of nitrogens with zero attached hydrogens (tertiary/aromatic N) is 2. The van der Waals surface area contributed by atoms with Gasteiger partial charge in [0.15, 0.2) is 16.3 Å². The second kappa shape index (κ2) is 12.7. The highest BCUT2D eigenvalue weighted by Crippen LogP contribution is 2.35. The van der Waals surface area contributed by atoms with Gasteiger partial charge in [0.2, 0.25) is 0 Å². The highest BCUT2D eigenvalue weighted by Gasteiger charge is 2.34. The predicted octanol–water partition coefficient (Wildman–Crippen LogP) is 6.69. The Kier molecular flexibility index (Phi) is 8.18. The van der Waals surface area contributed by atoms with Gasteiger partial charge in [-0.05, 0) is 70.3 Å². The summed E-state index contributed by atoms with van der Waals surface area (Å²) in [6.07, 6.45) is 1.82. The number of hydrogen-bond donors (Lipinski definition) is 0. The molecule has 2 heterocycles. The van der Waals surface area contributed by atoms with Gasteiger partial charge in [0, 0.05) is 0 Å². The van der Waals surface area contributed by atoms with Crippen molar-refractivity contribution in [2.75, 3.05) is 13.7 Å². The standard InChI is InChI=1S/C39H32N2O5S/c1-4-45-38(43)35-24(2)40-39-41(36(35)31-18-10-14-27-12-6-8-17-30(27)31)37(42)34(47-39)22-25-19-20-32(33(21-25)44-3)46-23-28-15-9-13-26-11-5-7-16-29(26)28/h5-22,36H,4,23H2,1-3H3/b34-22+/t36-/m1/s1. The molecule has 8 heteroatoms. The molecule has 0 N–H and O–H groups in total. The van der Waals surface area contributed by atoms with Crippen LogP contribution in [-0.2, 0) is 16.1 Å². The number of rotatable bonds is 8. The Morgan fingerprint density at radius 2 is 1.60 bits per heavy atom. The van der Waals surface area contributed by atoms with E-state index in [0.29, 0.717) is 38.7 Å². The minimum absolute atomic E-state index is 0.214. The Labute approximate surface area is 275 Å². The van der Waals surface area contributed by atoms with Crippen LogP contribution in [0, 0.1) is 0 Å². The summed E-state index contributed by atoms with van der Waals surface area (Å²) in [7, 11) is 1.60. The van der Waals surface area contributed by atoms with Gasteiger partial charge in [-0.3, -0.25) is 9.36 Å². The largest absolute Gasteiger partial charge is 0.493 e. The van der Waals surface area contributed by atoms with Gasteiger partial charge in [-0.1, -0.05) is 102 Å². The van der Waals surface area contributed by atoms with Crippen molar-refractivity contribution in [1.29, 1.82) is 0 Å². The molecule has 7 nitrogen and oxygen atoms in total. The molecule has 0 saturated carbocycles. The van der Waals surface area contributed by atoms with Crippen LogP contribution in [0.25, 0.3) is 27.6 Å². The van der Waals surface area contributed by atoms with E-state index in [-0.39, 0.29) is 12.2 Å². The number of methoxy groups -OCH3 is 1. The molecule has 1 aliphatic rings. The van der Waals surface area contributed by atoms with Crippen molar-refractivity contribution in [3.05, 3.63) is 151 Å². The van der Waals surface area contributed by atoms with Gasteiger partial charge in [-0.25, -0.2) is 9.79 Å². The van der Waals surface area contributed by atoms with Crippen molar-refractivity contribution in [3.8, 4) is 11.5 Å². The maximum absolute atomic E-state index is 14.2. The minimum atomic E-state index is -0.696. The molecule has 0 radical (unpaired) electrons. The first-order valence-electron chi connectivity index (χ1n) is 15.4. The number of thiazole rings is 1. The molecule has 47 heavy (non-hydrogen) atoms. The lowest BCUT2D eigenvalue weighted by Crippen LogP contribution is -2.40. The zero-order valence-corrected chi connectivity index (χ0v) is 27.0. The fraction of sp³-hybridized carbons (Fsp3) is 0.154. The van der Waals surface area contributed by atoms with Gasteiger partial charge in [-0.15, -0.1) is 0 Å². The van der Waals surface area contributed by atoms with E-state index in [1.807, 2.05) is 84.9 Å². The van der Waals surface area contributed by atoms with Gasteiger partial charge in [0.05, 0.1) is 35.6 Å². The van der Waals surface area contributed by atoms with Gasteiger partial charge in [0.25, 0.3) is 5.56 Å². The molecule has 0 unspecified atom stereocenters. The summed E-state index contributed by atoms with van der Waals surface area (Å²) in [5.74, 6) is 0.676. The Morgan fingerprint density at radius 1 is 0.894 bits per heavy atom. The molecule has 0 amide bonds. The number of ether oxygens (including phenoxy) is 3. The lowest BCUT2D eigenvalue weighted by molar-refractivity contribution is -0.139. The van der Waals surface area contributed by atoms with Crippen LogP contribution >= 0.6 is 11.3 Å². The topological polar surface area (TPSA) is 79.1 Å². The van der Waals surface area contributed by atoms with Crippen LogP contribution in [0.15, 0.2) is 124 Å². The third kappa shape index (κ3) is 5.61. The van der Waals surface area contributed by atoms with E-state index < -0.39 is 12.0 Å². The Hall–Kier alpha value is -5.47. The molecule has 1 atom stereocenters. The molecule has 5 aromatic carbocycles. The van der Waals surface area contributed by atoms with Crippen molar-refractivity contribution in [3.63, 3.8) is 0 Å². The van der Waals surface area contributed by atoms with Crippen LogP contribution in [-0.4, -0.2) is 24.3 Å². The molecular weight excluding hydrogens is 609 g/mol. The van der Waals surface area contributed by atoms with Crippen molar-refractivity contribution in [2.45, 2.75) is 26.5 Å². The molecule has 0 spiro atoms. The van der Waals surface area contributed by atoms with Crippen LogP contribution in [0.3, 0.4) is 0 Å². The summed E-state index contributed by atoms with van der Waals surface area (Å²) >= 11 is 1.29. The normalized spacial score (nSPS) is 14.6. The molecule has 1 aliphatic heterocycles. The molecular formula is C39H32N2O5S. The number of fused-ring (bicyclic) bond motifs is 3. The van der Waals surface area contributed by atoms with Crippen LogP contribution in [0.2, 0.25) is 0 Å². The Bertz CT molecular complexity index is 2380. The number of aromatic nitrogens is 1. The monoisotopic (exact) mass is 640 g/mol. The second-order valence-corrected chi connectivity index (χ2v) is 12.2. The molecule has 7 rings (SSSR count). The van der Waals surface area contributed by atoms with Gasteiger partial charge in [-0.2, -0.15) is 0 Å². The van der Waals surface area contributed by atoms with Crippen LogP contribution in [0.4, 0.5) is 0 Å². The van der Waals surface area contributed by atoms with Crippen LogP contribution in [0.5, 0.6) is 11.5 Å². The van der Waals surface area contributed by atoms with E-state index in [2.05, 4.69) is 24.3 Å².